The zero-order valence-electron chi connectivity index (χ0n) is 14.4. The van der Waals surface area contributed by atoms with E-state index in [0.29, 0.717) is 37.9 Å². The van der Waals surface area contributed by atoms with Crippen molar-refractivity contribution in [1.82, 2.24) is 15.5 Å². The molecule has 0 aliphatic carbocycles. The lowest BCUT2D eigenvalue weighted by atomic mass is 10.0. The molecule has 0 fully saturated rings. The fourth-order valence-electron chi connectivity index (χ4n) is 2.23. The summed E-state index contributed by atoms with van der Waals surface area (Å²) in [6.45, 7) is 5.20. The van der Waals surface area contributed by atoms with E-state index in [1.165, 1.54) is 11.9 Å². The van der Waals surface area contributed by atoms with Gasteiger partial charge in [-0.25, -0.2) is 0 Å². The Kier molecular flexibility index (Phi) is 11.9. The van der Waals surface area contributed by atoms with Crippen LogP contribution in [-0.4, -0.2) is 68.5 Å². The van der Waals surface area contributed by atoms with Crippen molar-refractivity contribution in [2.24, 2.45) is 10.9 Å². The van der Waals surface area contributed by atoms with Gasteiger partial charge >= 0.3 is 6.18 Å². The Hall–Kier alpha value is -1.02. The number of rotatable bonds is 11. The monoisotopic (exact) mass is 340 g/mol. The summed E-state index contributed by atoms with van der Waals surface area (Å²) in [6, 6.07) is 0. The number of aliphatic hydroxyl groups is 1. The summed E-state index contributed by atoms with van der Waals surface area (Å²) in [4.78, 5) is 5.69. The third-order valence-corrected chi connectivity index (χ3v) is 3.32. The zero-order valence-corrected chi connectivity index (χ0v) is 14.4. The molecule has 3 N–H and O–H groups in total. The van der Waals surface area contributed by atoms with Gasteiger partial charge in [0.1, 0.15) is 0 Å². The van der Waals surface area contributed by atoms with Gasteiger partial charge in [-0.3, -0.25) is 9.89 Å². The first-order chi connectivity index (χ1) is 10.8. The smallest absolute Gasteiger partial charge is 0.396 e. The maximum atomic E-state index is 12.2. The van der Waals surface area contributed by atoms with E-state index in [1.807, 2.05) is 6.92 Å². The van der Waals surface area contributed by atoms with E-state index in [1.54, 1.807) is 0 Å². The van der Waals surface area contributed by atoms with E-state index in [0.717, 1.165) is 12.8 Å². The quantitative estimate of drug-likeness (QED) is 0.397. The van der Waals surface area contributed by atoms with Crippen molar-refractivity contribution in [2.75, 3.05) is 46.4 Å². The molecule has 0 aromatic carbocycles. The SMILES string of the molecule is CCCC(CCO)CN=C(NCC)NCCN(C)CC(F)(F)F. The molecule has 0 aromatic heterocycles. The summed E-state index contributed by atoms with van der Waals surface area (Å²) in [6.07, 6.45) is -1.43. The summed E-state index contributed by atoms with van der Waals surface area (Å²) in [5.41, 5.74) is 0. The van der Waals surface area contributed by atoms with Crippen molar-refractivity contribution < 1.29 is 18.3 Å². The number of likely N-dealkylation sites (N-methyl/N-ethyl adjacent to an activating group) is 1. The van der Waals surface area contributed by atoms with Crippen LogP contribution >= 0.6 is 0 Å². The van der Waals surface area contributed by atoms with Crippen LogP contribution in [-0.2, 0) is 0 Å². The molecule has 0 heterocycles. The first-order valence-corrected chi connectivity index (χ1v) is 8.20. The Morgan fingerprint density at radius 1 is 1.22 bits per heavy atom. The van der Waals surface area contributed by atoms with E-state index >= 15 is 0 Å². The molecule has 5 nitrogen and oxygen atoms in total. The molecule has 0 aliphatic heterocycles. The second-order valence-corrected chi connectivity index (χ2v) is 5.67. The number of aliphatic imine (C=N–C) groups is 1. The third kappa shape index (κ3) is 13.1. The number of hydrogen-bond acceptors (Lipinski definition) is 3. The van der Waals surface area contributed by atoms with Gasteiger partial charge in [0.2, 0.25) is 0 Å². The highest BCUT2D eigenvalue weighted by Gasteiger charge is 2.28. The molecule has 0 radical (unpaired) electrons. The second-order valence-electron chi connectivity index (χ2n) is 5.67. The van der Waals surface area contributed by atoms with Gasteiger partial charge in [-0.05, 0) is 32.7 Å². The van der Waals surface area contributed by atoms with Crippen LogP contribution in [0.4, 0.5) is 13.2 Å². The van der Waals surface area contributed by atoms with Crippen molar-refractivity contribution in [3.63, 3.8) is 0 Å². The maximum Gasteiger partial charge on any atom is 0.401 e. The van der Waals surface area contributed by atoms with Crippen LogP contribution in [0.2, 0.25) is 0 Å². The molecule has 0 saturated carbocycles. The Balaban J connectivity index is 4.30. The Morgan fingerprint density at radius 3 is 2.43 bits per heavy atom. The number of halogens is 3. The highest BCUT2D eigenvalue weighted by molar-refractivity contribution is 5.79. The number of nitrogens with zero attached hydrogens (tertiary/aromatic N) is 2. The topological polar surface area (TPSA) is 59.9 Å². The number of guanidine groups is 1. The van der Waals surface area contributed by atoms with Crippen LogP contribution in [0.1, 0.15) is 33.1 Å². The molecule has 0 amide bonds. The van der Waals surface area contributed by atoms with Crippen molar-refractivity contribution >= 4 is 5.96 Å². The summed E-state index contributed by atoms with van der Waals surface area (Å²) in [5.74, 6) is 0.931. The molecular weight excluding hydrogens is 309 g/mol. The predicted octanol–water partition coefficient (Wildman–Crippen LogP) is 1.83. The van der Waals surface area contributed by atoms with Crippen LogP contribution < -0.4 is 10.6 Å². The minimum atomic E-state index is -4.18. The number of alkyl halides is 3. The van der Waals surface area contributed by atoms with Crippen LogP contribution in [0, 0.1) is 5.92 Å². The minimum Gasteiger partial charge on any atom is -0.396 e. The van der Waals surface area contributed by atoms with Crippen molar-refractivity contribution in [3.05, 3.63) is 0 Å². The van der Waals surface area contributed by atoms with Gasteiger partial charge in [-0.1, -0.05) is 13.3 Å². The molecule has 0 saturated heterocycles. The van der Waals surface area contributed by atoms with E-state index in [-0.39, 0.29) is 13.2 Å². The highest BCUT2D eigenvalue weighted by atomic mass is 19.4. The van der Waals surface area contributed by atoms with E-state index in [4.69, 9.17) is 5.11 Å². The van der Waals surface area contributed by atoms with Gasteiger partial charge in [0.25, 0.3) is 0 Å². The zero-order chi connectivity index (χ0) is 17.7. The van der Waals surface area contributed by atoms with E-state index < -0.39 is 12.7 Å². The molecule has 138 valence electrons. The minimum absolute atomic E-state index is 0.145. The van der Waals surface area contributed by atoms with Gasteiger partial charge in [0.15, 0.2) is 5.96 Å². The van der Waals surface area contributed by atoms with E-state index in [9.17, 15) is 13.2 Å². The Morgan fingerprint density at radius 2 is 1.91 bits per heavy atom. The molecule has 1 atom stereocenters. The van der Waals surface area contributed by atoms with Crippen LogP contribution in [0.15, 0.2) is 4.99 Å². The highest BCUT2D eigenvalue weighted by Crippen LogP contribution is 2.15. The van der Waals surface area contributed by atoms with E-state index in [2.05, 4.69) is 22.5 Å². The van der Waals surface area contributed by atoms with Crippen molar-refractivity contribution in [3.8, 4) is 0 Å². The average molecular weight is 340 g/mol. The first kappa shape index (κ1) is 22.0. The van der Waals surface area contributed by atoms with Gasteiger partial charge in [0, 0.05) is 32.8 Å². The molecule has 0 aromatic rings. The first-order valence-electron chi connectivity index (χ1n) is 8.20. The van der Waals surface area contributed by atoms with Crippen LogP contribution in [0.3, 0.4) is 0 Å². The molecule has 0 spiro atoms. The third-order valence-electron chi connectivity index (χ3n) is 3.32. The lowest BCUT2D eigenvalue weighted by Crippen LogP contribution is -2.42. The van der Waals surface area contributed by atoms with Gasteiger partial charge in [-0.15, -0.1) is 0 Å². The molecule has 23 heavy (non-hydrogen) atoms. The average Bonchev–Trinajstić information content (AvgIpc) is 2.43. The number of hydrogen-bond donors (Lipinski definition) is 3. The molecule has 0 aliphatic rings. The summed E-state index contributed by atoms with van der Waals surface area (Å²) < 4.78 is 36.7. The number of nitrogens with one attached hydrogen (secondary N) is 2. The number of aliphatic hydroxyl groups excluding tert-OH is 1. The lowest BCUT2D eigenvalue weighted by molar-refractivity contribution is -0.142. The fraction of sp³-hybridized carbons (Fsp3) is 0.933. The predicted molar refractivity (Wildman–Crippen MR) is 87.6 cm³/mol. The maximum absolute atomic E-state index is 12.2. The molecule has 1 unspecified atom stereocenters. The van der Waals surface area contributed by atoms with Crippen LogP contribution in [0.25, 0.3) is 0 Å². The normalized spacial score (nSPS) is 14.2. The van der Waals surface area contributed by atoms with Crippen molar-refractivity contribution in [2.45, 2.75) is 39.3 Å². The standard InChI is InChI=1S/C15H31F3N4O/c1-4-6-13(7-10-23)11-21-14(19-5-2)20-8-9-22(3)12-15(16,17)18/h13,23H,4-12H2,1-3H3,(H2,19,20,21). The summed E-state index contributed by atoms with van der Waals surface area (Å²) in [7, 11) is 1.44. The molecule has 8 heteroatoms. The second kappa shape index (κ2) is 12.4. The van der Waals surface area contributed by atoms with Gasteiger partial charge in [0.05, 0.1) is 6.54 Å². The molecule has 0 bridgehead atoms. The van der Waals surface area contributed by atoms with Crippen molar-refractivity contribution in [1.29, 1.82) is 0 Å². The fourth-order valence-corrected chi connectivity index (χ4v) is 2.23. The Bertz CT molecular complexity index is 318. The molecular formula is C15H31F3N4O. The summed E-state index contributed by atoms with van der Waals surface area (Å²) >= 11 is 0. The molecule has 0 rings (SSSR count). The van der Waals surface area contributed by atoms with Gasteiger partial charge < -0.3 is 15.7 Å². The Labute approximate surface area is 137 Å². The lowest BCUT2D eigenvalue weighted by Gasteiger charge is -2.20. The summed E-state index contributed by atoms with van der Waals surface area (Å²) in [5, 5.41) is 15.2. The van der Waals surface area contributed by atoms with Crippen LogP contribution in [0.5, 0.6) is 0 Å². The van der Waals surface area contributed by atoms with Gasteiger partial charge in [-0.2, -0.15) is 13.2 Å². The largest absolute Gasteiger partial charge is 0.401 e.